The SMILES string of the molecule is CN(c1ccccc1)C1CCN(c2nc3cccc(O)c3s2)CC1. The van der Waals surface area contributed by atoms with Gasteiger partial charge in [0.2, 0.25) is 0 Å². The van der Waals surface area contributed by atoms with Crippen molar-refractivity contribution in [3.63, 3.8) is 0 Å². The van der Waals surface area contributed by atoms with E-state index in [1.54, 1.807) is 17.4 Å². The fourth-order valence-electron chi connectivity index (χ4n) is 3.38. The van der Waals surface area contributed by atoms with E-state index >= 15 is 0 Å². The van der Waals surface area contributed by atoms with Gasteiger partial charge in [-0.05, 0) is 37.1 Å². The summed E-state index contributed by atoms with van der Waals surface area (Å²) in [5, 5.41) is 11.0. The number of anilines is 2. The first-order valence-electron chi connectivity index (χ1n) is 8.34. The van der Waals surface area contributed by atoms with Crippen molar-refractivity contribution in [2.24, 2.45) is 0 Å². The van der Waals surface area contributed by atoms with Crippen molar-refractivity contribution in [1.29, 1.82) is 0 Å². The van der Waals surface area contributed by atoms with Crippen LogP contribution >= 0.6 is 11.3 Å². The molecule has 0 bridgehead atoms. The Morgan fingerprint density at radius 1 is 1.08 bits per heavy atom. The lowest BCUT2D eigenvalue weighted by Gasteiger charge is -2.37. The van der Waals surface area contributed by atoms with E-state index in [9.17, 15) is 5.11 Å². The summed E-state index contributed by atoms with van der Waals surface area (Å²) in [6.45, 7) is 2.00. The van der Waals surface area contributed by atoms with Gasteiger partial charge in [0.05, 0.1) is 10.2 Å². The molecule has 0 amide bonds. The third-order valence-corrected chi connectivity index (χ3v) is 5.98. The fourth-order valence-corrected chi connectivity index (χ4v) is 4.41. The third kappa shape index (κ3) is 2.80. The summed E-state index contributed by atoms with van der Waals surface area (Å²) in [6, 6.07) is 16.7. The summed E-state index contributed by atoms with van der Waals surface area (Å²) in [4.78, 5) is 9.43. The Bertz CT molecular complexity index is 825. The normalized spacial score (nSPS) is 15.8. The number of piperidine rings is 1. The number of nitrogens with zero attached hydrogens (tertiary/aromatic N) is 3. The van der Waals surface area contributed by atoms with Crippen LogP contribution in [0.25, 0.3) is 10.2 Å². The van der Waals surface area contributed by atoms with Gasteiger partial charge in [0.15, 0.2) is 5.13 Å². The van der Waals surface area contributed by atoms with Crippen LogP contribution in [0.5, 0.6) is 5.75 Å². The Balaban J connectivity index is 1.46. The zero-order chi connectivity index (χ0) is 16.5. The highest BCUT2D eigenvalue weighted by Crippen LogP contribution is 2.36. The standard InChI is InChI=1S/C19H21N3OS/c1-21(14-6-3-2-4-7-14)15-10-12-22(13-11-15)19-20-16-8-5-9-17(23)18(16)24-19/h2-9,15,23H,10-13H2,1H3. The van der Waals surface area contributed by atoms with Crippen LogP contribution in [0, 0.1) is 0 Å². The molecule has 1 aromatic heterocycles. The van der Waals surface area contributed by atoms with Crippen molar-refractivity contribution in [2.75, 3.05) is 29.9 Å². The lowest BCUT2D eigenvalue weighted by molar-refractivity contribution is 0.482. The van der Waals surface area contributed by atoms with Gasteiger partial charge < -0.3 is 14.9 Å². The molecule has 0 unspecified atom stereocenters. The number of aromatic hydroxyl groups is 1. The summed E-state index contributed by atoms with van der Waals surface area (Å²) < 4.78 is 0.885. The van der Waals surface area contributed by atoms with E-state index in [4.69, 9.17) is 4.98 Å². The maximum absolute atomic E-state index is 9.97. The molecule has 4 rings (SSSR count). The van der Waals surface area contributed by atoms with Crippen molar-refractivity contribution in [2.45, 2.75) is 18.9 Å². The number of phenols is 1. The maximum atomic E-state index is 9.97. The molecule has 4 nitrogen and oxygen atoms in total. The Morgan fingerprint density at radius 2 is 1.83 bits per heavy atom. The Morgan fingerprint density at radius 3 is 2.54 bits per heavy atom. The van der Waals surface area contributed by atoms with Crippen molar-refractivity contribution in [3.05, 3.63) is 48.5 Å². The van der Waals surface area contributed by atoms with Crippen LogP contribution in [0.2, 0.25) is 0 Å². The van der Waals surface area contributed by atoms with E-state index < -0.39 is 0 Å². The number of thiazole rings is 1. The second-order valence-electron chi connectivity index (χ2n) is 6.29. The van der Waals surface area contributed by atoms with Crippen LogP contribution < -0.4 is 9.80 Å². The van der Waals surface area contributed by atoms with Crippen molar-refractivity contribution < 1.29 is 5.11 Å². The van der Waals surface area contributed by atoms with E-state index in [2.05, 4.69) is 47.2 Å². The quantitative estimate of drug-likeness (QED) is 0.779. The minimum absolute atomic E-state index is 0.329. The summed E-state index contributed by atoms with van der Waals surface area (Å²) in [5.41, 5.74) is 2.17. The molecule has 24 heavy (non-hydrogen) atoms. The second kappa shape index (κ2) is 6.32. The second-order valence-corrected chi connectivity index (χ2v) is 7.26. The molecular weight excluding hydrogens is 318 g/mol. The van der Waals surface area contributed by atoms with E-state index in [-0.39, 0.29) is 0 Å². The molecule has 0 aliphatic carbocycles. The lowest BCUT2D eigenvalue weighted by atomic mass is 10.0. The number of aromatic nitrogens is 1. The summed E-state index contributed by atoms with van der Waals surface area (Å²) in [7, 11) is 2.19. The smallest absolute Gasteiger partial charge is 0.186 e. The first-order valence-corrected chi connectivity index (χ1v) is 9.15. The molecule has 3 aromatic rings. The fraction of sp³-hybridized carbons (Fsp3) is 0.316. The van der Waals surface area contributed by atoms with Crippen molar-refractivity contribution >= 4 is 32.4 Å². The van der Waals surface area contributed by atoms with Crippen molar-refractivity contribution in [1.82, 2.24) is 4.98 Å². The summed E-state index contributed by atoms with van der Waals surface area (Å²) >= 11 is 1.59. The van der Waals surface area contributed by atoms with Crippen LogP contribution in [0.1, 0.15) is 12.8 Å². The predicted octanol–water partition coefficient (Wildman–Crippen LogP) is 4.11. The van der Waals surface area contributed by atoms with E-state index in [1.807, 2.05) is 12.1 Å². The number of para-hydroxylation sites is 1. The molecular formula is C19H21N3OS. The highest BCUT2D eigenvalue weighted by molar-refractivity contribution is 7.22. The number of fused-ring (bicyclic) bond motifs is 1. The van der Waals surface area contributed by atoms with Gasteiger partial charge >= 0.3 is 0 Å². The summed E-state index contributed by atoms with van der Waals surface area (Å²) in [5.74, 6) is 0.329. The van der Waals surface area contributed by atoms with Gasteiger partial charge in [0, 0.05) is 31.9 Å². The van der Waals surface area contributed by atoms with Gasteiger partial charge in [-0.2, -0.15) is 0 Å². The zero-order valence-corrected chi connectivity index (χ0v) is 14.5. The zero-order valence-electron chi connectivity index (χ0n) is 13.7. The van der Waals surface area contributed by atoms with Gasteiger partial charge in [0.25, 0.3) is 0 Å². The Labute approximate surface area is 146 Å². The molecule has 0 saturated carbocycles. The van der Waals surface area contributed by atoms with Gasteiger partial charge in [-0.1, -0.05) is 35.6 Å². The van der Waals surface area contributed by atoms with Gasteiger partial charge in [0.1, 0.15) is 5.75 Å². The molecule has 1 aliphatic heterocycles. The molecule has 1 aliphatic rings. The van der Waals surface area contributed by atoms with Gasteiger partial charge in [-0.3, -0.25) is 0 Å². The number of hydrogen-bond donors (Lipinski definition) is 1. The van der Waals surface area contributed by atoms with Crippen LogP contribution in [0.3, 0.4) is 0 Å². The monoisotopic (exact) mass is 339 g/mol. The maximum Gasteiger partial charge on any atom is 0.186 e. The molecule has 5 heteroatoms. The molecule has 0 radical (unpaired) electrons. The molecule has 1 fully saturated rings. The minimum Gasteiger partial charge on any atom is -0.506 e. The molecule has 2 aromatic carbocycles. The minimum atomic E-state index is 0.329. The third-order valence-electron chi connectivity index (χ3n) is 4.83. The van der Waals surface area contributed by atoms with Crippen LogP contribution in [-0.2, 0) is 0 Å². The highest BCUT2D eigenvalue weighted by Gasteiger charge is 2.24. The van der Waals surface area contributed by atoms with Crippen molar-refractivity contribution in [3.8, 4) is 5.75 Å². The van der Waals surface area contributed by atoms with Crippen LogP contribution in [0.15, 0.2) is 48.5 Å². The molecule has 0 spiro atoms. The predicted molar refractivity (Wildman–Crippen MR) is 101 cm³/mol. The lowest BCUT2D eigenvalue weighted by Crippen LogP contribution is -2.43. The van der Waals surface area contributed by atoms with E-state index in [1.165, 1.54) is 5.69 Å². The molecule has 1 N–H and O–H groups in total. The molecule has 0 atom stereocenters. The van der Waals surface area contributed by atoms with Crippen LogP contribution in [-0.4, -0.2) is 36.3 Å². The largest absolute Gasteiger partial charge is 0.506 e. The first-order chi connectivity index (χ1) is 11.7. The van der Waals surface area contributed by atoms with Gasteiger partial charge in [-0.25, -0.2) is 4.98 Å². The topological polar surface area (TPSA) is 39.6 Å². The van der Waals surface area contributed by atoms with Crippen LogP contribution in [0.4, 0.5) is 10.8 Å². The highest BCUT2D eigenvalue weighted by atomic mass is 32.1. The van der Waals surface area contributed by atoms with E-state index in [0.717, 1.165) is 41.3 Å². The number of hydrogen-bond acceptors (Lipinski definition) is 5. The Kier molecular flexibility index (Phi) is 4.02. The molecule has 1 saturated heterocycles. The molecule has 2 heterocycles. The summed E-state index contributed by atoms with van der Waals surface area (Å²) in [6.07, 6.45) is 2.24. The van der Waals surface area contributed by atoms with E-state index in [0.29, 0.717) is 11.8 Å². The number of phenolic OH excluding ortho intramolecular Hbond substituents is 1. The number of rotatable bonds is 3. The van der Waals surface area contributed by atoms with Gasteiger partial charge in [-0.15, -0.1) is 0 Å². The Hall–Kier alpha value is -2.27. The first kappa shape index (κ1) is 15.3. The molecule has 124 valence electrons. The number of benzene rings is 2. The average Bonchev–Trinajstić information content (AvgIpc) is 3.08. The average molecular weight is 339 g/mol.